The monoisotopic (exact) mass is 622 g/mol. The molecule has 0 atom stereocenters. The van der Waals surface area contributed by atoms with E-state index in [-0.39, 0.29) is 22.9 Å². The predicted octanol–water partition coefficient (Wildman–Crippen LogP) is 6.27. The number of phenols is 1. The minimum absolute atomic E-state index is 0.264. The van der Waals surface area contributed by atoms with E-state index in [4.69, 9.17) is 9.84 Å². The molecule has 0 unspecified atom stereocenters. The summed E-state index contributed by atoms with van der Waals surface area (Å²) in [5.41, 5.74) is -5.09. The van der Waals surface area contributed by atoms with Crippen LogP contribution in [0.4, 0.5) is 36.4 Å². The van der Waals surface area contributed by atoms with Crippen LogP contribution in [0.15, 0.2) is 46.8 Å². The molecule has 0 saturated carbocycles. The summed E-state index contributed by atoms with van der Waals surface area (Å²) in [4.78, 5) is 14.9. The summed E-state index contributed by atoms with van der Waals surface area (Å²) < 4.78 is 128. The minimum Gasteiger partial charge on any atom is -0.504 e. The Labute approximate surface area is 229 Å². The molecule has 17 heteroatoms. The second kappa shape index (κ2) is 10.5. The number of hydrogen-bond donors (Lipinski definition) is 3. The summed E-state index contributed by atoms with van der Waals surface area (Å²) in [6.07, 6.45) is -5.34. The highest BCUT2D eigenvalue weighted by atomic mass is 32.2. The lowest BCUT2D eigenvalue weighted by Crippen LogP contribution is -2.15. The molecule has 0 amide bonds. The maximum absolute atomic E-state index is 15.1. The zero-order chi connectivity index (χ0) is 30.4. The molecule has 4 aromatic rings. The Balaban J connectivity index is 1.68. The fourth-order valence-electron chi connectivity index (χ4n) is 3.63. The van der Waals surface area contributed by atoms with Gasteiger partial charge in [-0.2, -0.15) is 21.6 Å². The molecular weight excluding hydrogens is 609 g/mol. The van der Waals surface area contributed by atoms with Crippen molar-refractivity contribution >= 4 is 33.0 Å². The van der Waals surface area contributed by atoms with Gasteiger partial charge in [0.15, 0.2) is 16.6 Å². The lowest BCUT2D eigenvalue weighted by molar-refractivity contribution is -0.142. The molecule has 8 nitrogen and oxygen atoms in total. The zero-order valence-corrected chi connectivity index (χ0v) is 21.6. The van der Waals surface area contributed by atoms with Crippen molar-refractivity contribution in [2.75, 3.05) is 11.8 Å². The number of sulfonamides is 1. The van der Waals surface area contributed by atoms with Crippen LogP contribution in [0, 0.1) is 23.3 Å². The molecule has 0 saturated heterocycles. The van der Waals surface area contributed by atoms with Crippen LogP contribution in [0.5, 0.6) is 11.5 Å². The molecule has 216 valence electrons. The fourth-order valence-corrected chi connectivity index (χ4v) is 5.81. The van der Waals surface area contributed by atoms with E-state index in [0.717, 1.165) is 30.7 Å². The number of benzene rings is 3. The molecule has 3 N–H and O–H groups in total. The van der Waals surface area contributed by atoms with Crippen LogP contribution in [0.3, 0.4) is 0 Å². The Kier molecular flexibility index (Phi) is 7.61. The van der Waals surface area contributed by atoms with E-state index >= 15 is 4.39 Å². The van der Waals surface area contributed by atoms with Gasteiger partial charge in [-0.3, -0.25) is 4.72 Å². The Morgan fingerprint density at radius 3 is 2.17 bits per heavy atom. The van der Waals surface area contributed by atoms with E-state index in [9.17, 15) is 44.7 Å². The molecule has 41 heavy (non-hydrogen) atoms. The van der Waals surface area contributed by atoms with Crippen molar-refractivity contribution in [2.45, 2.75) is 11.2 Å². The fraction of sp³-hybridized carbons (Fsp3) is 0.0833. The third-order valence-corrected chi connectivity index (χ3v) is 7.78. The van der Waals surface area contributed by atoms with Gasteiger partial charge < -0.3 is 14.9 Å². The van der Waals surface area contributed by atoms with Crippen molar-refractivity contribution in [3.8, 4) is 33.2 Å². The number of aromatic hydroxyl groups is 1. The van der Waals surface area contributed by atoms with Crippen LogP contribution in [0.2, 0.25) is 0 Å². The number of anilines is 1. The zero-order valence-electron chi connectivity index (χ0n) is 20.0. The van der Waals surface area contributed by atoms with Crippen LogP contribution in [0.1, 0.15) is 15.9 Å². The maximum atomic E-state index is 15.1. The number of aromatic nitrogens is 1. The molecule has 1 aromatic heterocycles. The number of carboxylic acids is 1. The molecule has 0 aliphatic heterocycles. The number of hydrogen-bond acceptors (Lipinski definition) is 7. The van der Waals surface area contributed by atoms with Crippen LogP contribution >= 0.6 is 11.3 Å². The molecule has 4 rings (SSSR count). The van der Waals surface area contributed by atoms with Crippen LogP contribution in [0.25, 0.3) is 21.7 Å². The summed E-state index contributed by atoms with van der Waals surface area (Å²) in [6, 6.07) is 3.72. The highest BCUT2D eigenvalue weighted by Crippen LogP contribution is 2.41. The molecule has 0 radical (unpaired) electrons. The number of ether oxygens (including phenoxy) is 1. The number of nitrogens with zero attached hydrogens (tertiary/aromatic N) is 1. The third-order valence-electron chi connectivity index (χ3n) is 5.51. The Morgan fingerprint density at radius 2 is 1.61 bits per heavy atom. The number of nitrogens with one attached hydrogen (secondary N) is 1. The largest absolute Gasteiger partial charge is 0.504 e. The molecule has 0 spiro atoms. The molecular formula is C24H13F7N2O6S2. The number of alkyl halides is 3. The van der Waals surface area contributed by atoms with Crippen LogP contribution < -0.4 is 9.46 Å². The van der Waals surface area contributed by atoms with Crippen molar-refractivity contribution in [1.29, 1.82) is 0 Å². The number of methoxy groups -OCH3 is 1. The van der Waals surface area contributed by atoms with Gasteiger partial charge in [-0.05, 0) is 35.9 Å². The average molecular weight is 622 g/mol. The van der Waals surface area contributed by atoms with Gasteiger partial charge in [0.05, 0.1) is 23.9 Å². The Hall–Kier alpha value is -4.38. The van der Waals surface area contributed by atoms with E-state index < -0.39 is 89.7 Å². The highest BCUT2D eigenvalue weighted by Gasteiger charge is 2.38. The van der Waals surface area contributed by atoms with E-state index in [0.29, 0.717) is 17.4 Å². The van der Waals surface area contributed by atoms with E-state index in [1.54, 1.807) is 0 Å². The summed E-state index contributed by atoms with van der Waals surface area (Å²) in [5, 5.41) is 19.3. The van der Waals surface area contributed by atoms with Crippen molar-refractivity contribution in [3.63, 3.8) is 0 Å². The molecule has 0 aliphatic rings. The normalized spacial score (nSPS) is 11.9. The number of carbonyl (C=O) groups is 1. The molecule has 0 bridgehead atoms. The molecule has 3 aromatic carbocycles. The molecule has 0 aliphatic carbocycles. The number of thiazole rings is 1. The predicted molar refractivity (Wildman–Crippen MR) is 130 cm³/mol. The number of rotatable bonds is 7. The van der Waals surface area contributed by atoms with Crippen molar-refractivity contribution < 1.29 is 58.9 Å². The minimum atomic E-state index is -5.34. The summed E-state index contributed by atoms with van der Waals surface area (Å²) in [6.45, 7) is 0. The van der Waals surface area contributed by atoms with Gasteiger partial charge in [0.2, 0.25) is 0 Å². The first kappa shape index (κ1) is 29.6. The van der Waals surface area contributed by atoms with Gasteiger partial charge in [0, 0.05) is 17.0 Å². The molecule has 1 heterocycles. The average Bonchev–Trinajstić information content (AvgIpc) is 3.35. The van der Waals surface area contributed by atoms with Crippen LogP contribution in [-0.4, -0.2) is 36.7 Å². The summed E-state index contributed by atoms with van der Waals surface area (Å²) in [5.74, 6) is -9.88. The first-order valence-electron chi connectivity index (χ1n) is 10.7. The second-order valence-electron chi connectivity index (χ2n) is 8.07. The third kappa shape index (κ3) is 5.62. The van der Waals surface area contributed by atoms with Gasteiger partial charge >= 0.3 is 12.1 Å². The topological polar surface area (TPSA) is 126 Å². The van der Waals surface area contributed by atoms with Crippen molar-refractivity contribution in [2.24, 2.45) is 0 Å². The highest BCUT2D eigenvalue weighted by molar-refractivity contribution is 7.92. The number of halogens is 7. The van der Waals surface area contributed by atoms with Crippen molar-refractivity contribution in [1.82, 2.24) is 4.98 Å². The standard InChI is InChI=1S/C24H13F7N2O6S2/c1-39-17-6-12(23(35)36)13(25)7-16(17)33-41(37,38)18-8-40-22(32-18)11-3-2-10(21(34)20(11)28)9-4-14(26)19(15(27)5-9)24(29,30)31/h2-8,33-34H,1H3,(H,35,36). The smallest absolute Gasteiger partial charge is 0.422 e. The Bertz CT molecular complexity index is 1780. The van der Waals surface area contributed by atoms with Gasteiger partial charge in [-0.25, -0.2) is 27.3 Å². The first-order valence-corrected chi connectivity index (χ1v) is 13.1. The van der Waals surface area contributed by atoms with Crippen LogP contribution in [-0.2, 0) is 16.2 Å². The second-order valence-corrected chi connectivity index (χ2v) is 10.6. The van der Waals surface area contributed by atoms with Crippen molar-refractivity contribution in [3.05, 3.63) is 76.2 Å². The SMILES string of the molecule is COc1cc(C(=O)O)c(F)cc1NS(=O)(=O)c1csc(-c2ccc(-c3cc(F)c(C(F)(F)F)c(F)c3)c(O)c2F)n1. The summed E-state index contributed by atoms with van der Waals surface area (Å²) in [7, 11) is -3.51. The summed E-state index contributed by atoms with van der Waals surface area (Å²) >= 11 is 0.584. The first-order chi connectivity index (χ1) is 19.0. The number of aromatic carboxylic acids is 1. The number of carboxylic acid groups (broad SMARTS) is 1. The van der Waals surface area contributed by atoms with E-state index in [1.165, 1.54) is 0 Å². The van der Waals surface area contributed by atoms with E-state index in [2.05, 4.69) is 4.98 Å². The quantitative estimate of drug-likeness (QED) is 0.208. The maximum Gasteiger partial charge on any atom is 0.422 e. The number of phenolic OH excluding ortho intramolecular Hbond substituents is 1. The molecule has 0 fully saturated rings. The van der Waals surface area contributed by atoms with Gasteiger partial charge in [0.25, 0.3) is 10.0 Å². The van der Waals surface area contributed by atoms with Gasteiger partial charge in [-0.15, -0.1) is 11.3 Å². The van der Waals surface area contributed by atoms with Gasteiger partial charge in [-0.1, -0.05) is 0 Å². The Morgan fingerprint density at radius 1 is 1.00 bits per heavy atom. The van der Waals surface area contributed by atoms with E-state index in [1.807, 2.05) is 4.72 Å². The lowest BCUT2D eigenvalue weighted by Gasteiger charge is -2.13. The van der Waals surface area contributed by atoms with Gasteiger partial charge in [0.1, 0.15) is 33.8 Å². The lowest BCUT2D eigenvalue weighted by atomic mass is 10.00.